The number of nitrogens with zero attached hydrogens (tertiary/aromatic N) is 4. The van der Waals surface area contributed by atoms with Gasteiger partial charge in [0.1, 0.15) is 17.3 Å². The van der Waals surface area contributed by atoms with Crippen LogP contribution in [0.4, 0.5) is 15.4 Å². The van der Waals surface area contributed by atoms with Crippen LogP contribution in [0.15, 0.2) is 48.8 Å². The van der Waals surface area contributed by atoms with Gasteiger partial charge < -0.3 is 14.5 Å². The SMILES string of the molecule is CN(C)C(=O)Nc1cc(Oc2ccc3c(ccn3C(=O)N(C)C)c2)ccn1. The van der Waals surface area contributed by atoms with Crippen molar-refractivity contribution in [3.63, 3.8) is 0 Å². The molecule has 3 rings (SSSR count). The highest BCUT2D eigenvalue weighted by Crippen LogP contribution is 2.27. The molecular formula is C19H21N5O3. The predicted octanol–water partition coefficient (Wildman–Crippen LogP) is 3.45. The monoisotopic (exact) mass is 367 g/mol. The van der Waals surface area contributed by atoms with E-state index in [1.807, 2.05) is 18.2 Å². The molecule has 140 valence electrons. The molecule has 0 atom stereocenters. The van der Waals surface area contributed by atoms with Gasteiger partial charge >= 0.3 is 12.1 Å². The first-order chi connectivity index (χ1) is 12.8. The summed E-state index contributed by atoms with van der Waals surface area (Å²) in [5.74, 6) is 1.56. The molecule has 3 amide bonds. The van der Waals surface area contributed by atoms with Crippen LogP contribution in [-0.4, -0.2) is 59.6 Å². The van der Waals surface area contributed by atoms with E-state index in [4.69, 9.17) is 4.74 Å². The molecule has 0 saturated heterocycles. The average molecular weight is 367 g/mol. The van der Waals surface area contributed by atoms with Crippen LogP contribution in [0, 0.1) is 0 Å². The van der Waals surface area contributed by atoms with Crippen molar-refractivity contribution >= 4 is 28.8 Å². The van der Waals surface area contributed by atoms with E-state index in [0.717, 1.165) is 10.9 Å². The Kier molecular flexibility index (Phi) is 4.98. The number of hydrogen-bond acceptors (Lipinski definition) is 4. The molecule has 0 bridgehead atoms. The van der Waals surface area contributed by atoms with Gasteiger partial charge in [-0.15, -0.1) is 0 Å². The Bertz CT molecular complexity index is 994. The van der Waals surface area contributed by atoms with Crippen molar-refractivity contribution < 1.29 is 14.3 Å². The van der Waals surface area contributed by atoms with Gasteiger partial charge in [-0.2, -0.15) is 0 Å². The van der Waals surface area contributed by atoms with E-state index >= 15 is 0 Å². The lowest BCUT2D eigenvalue weighted by atomic mass is 10.2. The summed E-state index contributed by atoms with van der Waals surface area (Å²) in [4.78, 5) is 31.0. The minimum Gasteiger partial charge on any atom is -0.457 e. The van der Waals surface area contributed by atoms with E-state index < -0.39 is 0 Å². The number of benzene rings is 1. The zero-order valence-electron chi connectivity index (χ0n) is 15.6. The van der Waals surface area contributed by atoms with Crippen molar-refractivity contribution in [2.75, 3.05) is 33.5 Å². The van der Waals surface area contributed by atoms with E-state index in [-0.39, 0.29) is 12.1 Å². The second kappa shape index (κ2) is 7.36. The van der Waals surface area contributed by atoms with Crippen LogP contribution < -0.4 is 10.1 Å². The van der Waals surface area contributed by atoms with Crippen LogP contribution in [0.5, 0.6) is 11.5 Å². The average Bonchev–Trinajstić information content (AvgIpc) is 3.04. The number of carbonyl (C=O) groups excluding carboxylic acids is 2. The molecule has 0 spiro atoms. The maximum atomic E-state index is 12.2. The number of aromatic nitrogens is 2. The number of ether oxygens (including phenoxy) is 1. The molecule has 1 N–H and O–H groups in total. The number of fused-ring (bicyclic) bond motifs is 1. The summed E-state index contributed by atoms with van der Waals surface area (Å²) in [7, 11) is 6.72. The highest BCUT2D eigenvalue weighted by molar-refractivity contribution is 5.92. The van der Waals surface area contributed by atoms with Crippen LogP contribution in [0.3, 0.4) is 0 Å². The molecule has 2 aromatic heterocycles. The molecule has 0 saturated carbocycles. The Balaban J connectivity index is 1.81. The molecule has 0 radical (unpaired) electrons. The highest BCUT2D eigenvalue weighted by atomic mass is 16.5. The number of hydrogen-bond donors (Lipinski definition) is 1. The maximum absolute atomic E-state index is 12.2. The molecule has 8 nitrogen and oxygen atoms in total. The van der Waals surface area contributed by atoms with Gasteiger partial charge in [0, 0.05) is 52.0 Å². The number of rotatable bonds is 3. The largest absolute Gasteiger partial charge is 0.457 e. The first kappa shape index (κ1) is 18.2. The lowest BCUT2D eigenvalue weighted by Gasteiger charge is -2.13. The van der Waals surface area contributed by atoms with E-state index in [1.165, 1.54) is 9.80 Å². The zero-order valence-corrected chi connectivity index (χ0v) is 15.6. The molecule has 0 aliphatic carbocycles. The van der Waals surface area contributed by atoms with E-state index in [1.54, 1.807) is 63.4 Å². The minimum atomic E-state index is -0.270. The summed E-state index contributed by atoms with van der Waals surface area (Å²) >= 11 is 0. The fourth-order valence-electron chi connectivity index (χ4n) is 2.47. The standard InChI is InChI=1S/C19H21N5O3/c1-22(2)18(25)21-17-12-15(7-9-20-17)27-14-5-6-16-13(11-14)8-10-24(16)19(26)23(3)4/h5-12H,1-4H3,(H,20,21,25). The molecule has 0 unspecified atom stereocenters. The predicted molar refractivity (Wildman–Crippen MR) is 103 cm³/mol. The molecular weight excluding hydrogens is 346 g/mol. The lowest BCUT2D eigenvalue weighted by molar-refractivity contribution is 0.220. The third-order valence-corrected chi connectivity index (χ3v) is 3.86. The van der Waals surface area contributed by atoms with Gasteiger partial charge in [0.05, 0.1) is 5.52 Å². The third kappa shape index (κ3) is 4.00. The van der Waals surface area contributed by atoms with E-state index in [2.05, 4.69) is 10.3 Å². The van der Waals surface area contributed by atoms with Gasteiger partial charge in [0.25, 0.3) is 0 Å². The first-order valence-corrected chi connectivity index (χ1v) is 8.30. The van der Waals surface area contributed by atoms with Gasteiger partial charge in [0.15, 0.2) is 0 Å². The fourth-order valence-corrected chi connectivity index (χ4v) is 2.47. The maximum Gasteiger partial charge on any atom is 0.328 e. The van der Waals surface area contributed by atoms with Gasteiger partial charge in [-0.3, -0.25) is 9.88 Å². The quantitative estimate of drug-likeness (QED) is 0.769. The fraction of sp³-hybridized carbons (Fsp3) is 0.211. The van der Waals surface area contributed by atoms with Gasteiger partial charge in [0.2, 0.25) is 0 Å². The number of pyridine rings is 1. The molecule has 3 aromatic rings. The normalized spacial score (nSPS) is 10.5. The van der Waals surface area contributed by atoms with Crippen LogP contribution in [0.1, 0.15) is 0 Å². The lowest BCUT2D eigenvalue weighted by Crippen LogP contribution is -2.27. The molecule has 0 aliphatic heterocycles. The number of amides is 3. The summed E-state index contributed by atoms with van der Waals surface area (Å²) in [5.41, 5.74) is 0.801. The number of carbonyl (C=O) groups is 2. The Morgan fingerprint density at radius 1 is 1.00 bits per heavy atom. The van der Waals surface area contributed by atoms with Crippen molar-refractivity contribution in [2.24, 2.45) is 0 Å². The van der Waals surface area contributed by atoms with Crippen LogP contribution in [-0.2, 0) is 0 Å². The van der Waals surface area contributed by atoms with Crippen molar-refractivity contribution in [3.05, 3.63) is 48.8 Å². The molecule has 2 heterocycles. The summed E-state index contributed by atoms with van der Waals surface area (Å²) < 4.78 is 7.46. The smallest absolute Gasteiger partial charge is 0.328 e. The molecule has 1 aromatic carbocycles. The molecule has 0 aliphatic rings. The number of urea groups is 1. The highest BCUT2D eigenvalue weighted by Gasteiger charge is 2.12. The minimum absolute atomic E-state index is 0.117. The summed E-state index contributed by atoms with van der Waals surface area (Å²) in [5, 5.41) is 3.56. The zero-order chi connectivity index (χ0) is 19.6. The van der Waals surface area contributed by atoms with Gasteiger partial charge in [-0.25, -0.2) is 14.6 Å². The summed E-state index contributed by atoms with van der Waals surface area (Å²) in [6.45, 7) is 0. The van der Waals surface area contributed by atoms with Crippen molar-refractivity contribution in [3.8, 4) is 11.5 Å². The van der Waals surface area contributed by atoms with Gasteiger partial charge in [-0.1, -0.05) is 0 Å². The molecule has 8 heteroatoms. The van der Waals surface area contributed by atoms with Crippen molar-refractivity contribution in [1.29, 1.82) is 0 Å². The Hall–Kier alpha value is -3.55. The topological polar surface area (TPSA) is 79.7 Å². The number of nitrogens with one attached hydrogen (secondary N) is 1. The Labute approximate surface area is 157 Å². The number of anilines is 1. The summed E-state index contributed by atoms with van der Waals surface area (Å²) in [6.07, 6.45) is 3.30. The Morgan fingerprint density at radius 3 is 2.44 bits per heavy atom. The third-order valence-electron chi connectivity index (χ3n) is 3.86. The van der Waals surface area contributed by atoms with E-state index in [0.29, 0.717) is 17.3 Å². The van der Waals surface area contributed by atoms with Crippen LogP contribution >= 0.6 is 0 Å². The summed E-state index contributed by atoms with van der Waals surface area (Å²) in [6, 6.07) is 10.3. The van der Waals surface area contributed by atoms with E-state index in [9.17, 15) is 9.59 Å². The van der Waals surface area contributed by atoms with Crippen LogP contribution in [0.25, 0.3) is 10.9 Å². The second-order valence-corrected chi connectivity index (χ2v) is 6.39. The molecule has 0 fully saturated rings. The molecule has 27 heavy (non-hydrogen) atoms. The first-order valence-electron chi connectivity index (χ1n) is 8.30. The van der Waals surface area contributed by atoms with Gasteiger partial charge in [-0.05, 0) is 30.3 Å². The van der Waals surface area contributed by atoms with Crippen molar-refractivity contribution in [1.82, 2.24) is 19.4 Å². The van der Waals surface area contributed by atoms with Crippen LogP contribution in [0.2, 0.25) is 0 Å². The second-order valence-electron chi connectivity index (χ2n) is 6.39. The van der Waals surface area contributed by atoms with Crippen molar-refractivity contribution in [2.45, 2.75) is 0 Å². The Morgan fingerprint density at radius 2 is 1.74 bits per heavy atom.